The Kier molecular flexibility index (Phi) is 5.08. The molecule has 3 nitrogen and oxygen atoms in total. The average molecular weight is 282 g/mol. The van der Waals surface area contributed by atoms with Gasteiger partial charge < -0.3 is 10.4 Å². The van der Waals surface area contributed by atoms with Crippen molar-refractivity contribution in [3.05, 3.63) is 29.8 Å². The molecule has 0 radical (unpaired) electrons. The Balaban J connectivity index is 1.75. The van der Waals surface area contributed by atoms with Crippen LogP contribution in [0.1, 0.15) is 31.2 Å². The van der Waals surface area contributed by atoms with Crippen LogP contribution in [0.25, 0.3) is 0 Å². The van der Waals surface area contributed by atoms with Gasteiger partial charge in [-0.1, -0.05) is 18.6 Å². The molecule has 4 heteroatoms. The molecule has 19 heavy (non-hydrogen) atoms. The Bertz CT molecular complexity index is 436. The highest BCUT2D eigenvalue weighted by Gasteiger charge is 2.20. The van der Waals surface area contributed by atoms with Crippen LogP contribution in [-0.2, 0) is 11.2 Å². The third kappa shape index (κ3) is 4.75. The second kappa shape index (κ2) is 6.80. The summed E-state index contributed by atoms with van der Waals surface area (Å²) in [4.78, 5) is 11.8. The molecule has 0 aliphatic heterocycles. The summed E-state index contributed by atoms with van der Waals surface area (Å²) in [7, 11) is 0. The first-order valence-corrected chi connectivity index (χ1v) is 7.26. The lowest BCUT2D eigenvalue weighted by molar-refractivity contribution is -0.120. The zero-order chi connectivity index (χ0) is 13.7. The molecule has 1 aromatic rings. The molecule has 0 bridgehead atoms. The van der Waals surface area contributed by atoms with E-state index in [0.29, 0.717) is 18.9 Å². The van der Waals surface area contributed by atoms with Crippen molar-refractivity contribution < 1.29 is 9.90 Å². The van der Waals surface area contributed by atoms with Crippen LogP contribution in [0, 0.1) is 5.92 Å². The maximum Gasteiger partial charge on any atom is 0.224 e. The number of phenols is 1. The van der Waals surface area contributed by atoms with Crippen LogP contribution >= 0.6 is 11.6 Å². The minimum atomic E-state index is 0.00213. The van der Waals surface area contributed by atoms with Crippen LogP contribution in [0.15, 0.2) is 24.3 Å². The number of halogens is 1. The summed E-state index contributed by atoms with van der Waals surface area (Å²) in [6.45, 7) is 0.709. The van der Waals surface area contributed by atoms with Gasteiger partial charge in [-0.25, -0.2) is 0 Å². The predicted molar refractivity (Wildman–Crippen MR) is 76.4 cm³/mol. The quantitative estimate of drug-likeness (QED) is 0.834. The smallest absolute Gasteiger partial charge is 0.224 e. The Morgan fingerprint density at radius 1 is 1.42 bits per heavy atom. The first-order chi connectivity index (χ1) is 9.13. The summed E-state index contributed by atoms with van der Waals surface area (Å²) in [6, 6.07) is 6.81. The number of nitrogens with one attached hydrogen (secondary N) is 1. The van der Waals surface area contributed by atoms with Crippen LogP contribution in [-0.4, -0.2) is 22.9 Å². The maximum atomic E-state index is 11.8. The van der Waals surface area contributed by atoms with E-state index >= 15 is 0 Å². The van der Waals surface area contributed by atoms with E-state index in [1.807, 2.05) is 6.07 Å². The molecule has 1 aromatic carbocycles. The van der Waals surface area contributed by atoms with Crippen molar-refractivity contribution in [3.8, 4) is 5.75 Å². The molecule has 0 spiro atoms. The molecule has 2 rings (SSSR count). The van der Waals surface area contributed by atoms with Crippen molar-refractivity contribution in [1.29, 1.82) is 0 Å². The summed E-state index contributed by atoms with van der Waals surface area (Å²) in [6.07, 6.45) is 4.70. The van der Waals surface area contributed by atoms with Gasteiger partial charge in [0.2, 0.25) is 5.91 Å². The number of alkyl halides is 1. The highest BCUT2D eigenvalue weighted by atomic mass is 35.5. The molecular weight excluding hydrogens is 262 g/mol. The molecule has 1 aliphatic carbocycles. The predicted octanol–water partition coefficient (Wildman–Crippen LogP) is 2.85. The van der Waals surface area contributed by atoms with Gasteiger partial charge in [-0.3, -0.25) is 4.79 Å². The Labute approximate surface area is 119 Å². The van der Waals surface area contributed by atoms with E-state index in [9.17, 15) is 9.90 Å². The number of carbonyl (C=O) groups is 1. The van der Waals surface area contributed by atoms with E-state index in [2.05, 4.69) is 5.32 Å². The fourth-order valence-corrected chi connectivity index (χ4v) is 2.99. The summed E-state index contributed by atoms with van der Waals surface area (Å²) < 4.78 is 0. The van der Waals surface area contributed by atoms with E-state index in [4.69, 9.17) is 11.6 Å². The highest BCUT2D eigenvalue weighted by Crippen LogP contribution is 2.27. The first-order valence-electron chi connectivity index (χ1n) is 6.82. The van der Waals surface area contributed by atoms with Gasteiger partial charge in [0.15, 0.2) is 0 Å². The third-order valence-electron chi connectivity index (χ3n) is 3.58. The van der Waals surface area contributed by atoms with Crippen LogP contribution in [0.5, 0.6) is 5.75 Å². The van der Waals surface area contributed by atoms with Crippen molar-refractivity contribution >= 4 is 17.5 Å². The third-order valence-corrected chi connectivity index (χ3v) is 3.98. The Morgan fingerprint density at radius 2 is 2.26 bits per heavy atom. The minimum absolute atomic E-state index is 0.00213. The molecule has 1 aliphatic rings. The Morgan fingerprint density at radius 3 is 3.00 bits per heavy atom. The van der Waals surface area contributed by atoms with Crippen molar-refractivity contribution in [1.82, 2.24) is 5.32 Å². The molecule has 0 aromatic heterocycles. The fourth-order valence-electron chi connectivity index (χ4n) is 2.58. The average Bonchev–Trinajstić information content (AvgIpc) is 2.36. The zero-order valence-electron chi connectivity index (χ0n) is 10.9. The van der Waals surface area contributed by atoms with E-state index in [0.717, 1.165) is 31.2 Å². The van der Waals surface area contributed by atoms with E-state index < -0.39 is 0 Å². The second-order valence-electron chi connectivity index (χ2n) is 5.28. The molecule has 0 saturated heterocycles. The number of carbonyl (C=O) groups excluding carboxylic acids is 1. The number of benzene rings is 1. The summed E-state index contributed by atoms with van der Waals surface area (Å²) in [5.41, 5.74) is 0.830. The van der Waals surface area contributed by atoms with Crippen molar-refractivity contribution in [2.24, 2.45) is 5.92 Å². The van der Waals surface area contributed by atoms with Crippen LogP contribution in [0.4, 0.5) is 0 Å². The number of phenolic OH excluding ortho intramolecular Hbond substituents is 1. The lowest BCUT2D eigenvalue weighted by atomic mass is 9.89. The van der Waals surface area contributed by atoms with E-state index in [1.54, 1.807) is 18.2 Å². The van der Waals surface area contributed by atoms with Crippen LogP contribution < -0.4 is 5.32 Å². The number of hydrogen-bond acceptors (Lipinski definition) is 2. The fraction of sp³-hybridized carbons (Fsp3) is 0.533. The van der Waals surface area contributed by atoms with Gasteiger partial charge in [-0.2, -0.15) is 0 Å². The van der Waals surface area contributed by atoms with E-state index in [-0.39, 0.29) is 17.0 Å². The lowest BCUT2D eigenvalue weighted by Gasteiger charge is -2.25. The normalized spacial score (nSPS) is 23.0. The molecule has 1 fully saturated rings. The molecule has 1 amide bonds. The number of amides is 1. The second-order valence-corrected chi connectivity index (χ2v) is 5.90. The van der Waals surface area contributed by atoms with Gasteiger partial charge in [-0.05, 0) is 42.9 Å². The molecule has 2 N–H and O–H groups in total. The number of aromatic hydroxyl groups is 1. The SMILES string of the molecule is O=C(Cc1cccc(O)c1)NCC1CCCC(Cl)C1. The van der Waals surface area contributed by atoms with Crippen molar-refractivity contribution in [2.75, 3.05) is 6.54 Å². The minimum Gasteiger partial charge on any atom is -0.508 e. The molecule has 2 unspecified atom stereocenters. The number of rotatable bonds is 4. The van der Waals surface area contributed by atoms with Gasteiger partial charge in [-0.15, -0.1) is 11.6 Å². The summed E-state index contributed by atoms with van der Waals surface area (Å²) in [5.74, 6) is 0.703. The Hall–Kier alpha value is -1.22. The van der Waals surface area contributed by atoms with Gasteiger partial charge in [0.05, 0.1) is 6.42 Å². The van der Waals surface area contributed by atoms with Crippen LogP contribution in [0.3, 0.4) is 0 Å². The topological polar surface area (TPSA) is 49.3 Å². The molecule has 104 valence electrons. The monoisotopic (exact) mass is 281 g/mol. The zero-order valence-corrected chi connectivity index (χ0v) is 11.7. The van der Waals surface area contributed by atoms with E-state index in [1.165, 1.54) is 0 Å². The van der Waals surface area contributed by atoms with Gasteiger partial charge in [0, 0.05) is 11.9 Å². The van der Waals surface area contributed by atoms with Crippen molar-refractivity contribution in [2.45, 2.75) is 37.5 Å². The maximum absolute atomic E-state index is 11.8. The molecular formula is C15H20ClNO2. The highest BCUT2D eigenvalue weighted by molar-refractivity contribution is 6.20. The largest absolute Gasteiger partial charge is 0.508 e. The van der Waals surface area contributed by atoms with Gasteiger partial charge in [0.1, 0.15) is 5.75 Å². The first kappa shape index (κ1) is 14.2. The number of hydrogen-bond donors (Lipinski definition) is 2. The molecule has 1 saturated carbocycles. The van der Waals surface area contributed by atoms with Gasteiger partial charge >= 0.3 is 0 Å². The summed E-state index contributed by atoms with van der Waals surface area (Å²) in [5, 5.41) is 12.6. The standard InChI is InChI=1S/C15H20ClNO2/c16-13-5-1-4-12(7-13)10-17-15(19)9-11-3-2-6-14(18)8-11/h2-3,6,8,12-13,18H,1,4-5,7,9-10H2,(H,17,19). The molecule has 2 atom stereocenters. The van der Waals surface area contributed by atoms with Crippen LogP contribution in [0.2, 0.25) is 0 Å². The van der Waals surface area contributed by atoms with Gasteiger partial charge in [0.25, 0.3) is 0 Å². The lowest BCUT2D eigenvalue weighted by Crippen LogP contribution is -2.32. The summed E-state index contributed by atoms with van der Waals surface area (Å²) >= 11 is 6.13. The molecule has 0 heterocycles. The van der Waals surface area contributed by atoms with Crippen molar-refractivity contribution in [3.63, 3.8) is 0 Å².